The van der Waals surface area contributed by atoms with Crippen LogP contribution in [0.1, 0.15) is 22.8 Å². The van der Waals surface area contributed by atoms with Gasteiger partial charge in [0.25, 0.3) is 0 Å². The van der Waals surface area contributed by atoms with Crippen molar-refractivity contribution in [3.8, 4) is 0 Å². The average molecular weight is 315 g/mol. The number of ether oxygens (including phenoxy) is 1. The molecule has 2 aromatic carbocycles. The number of aromatic nitrogens is 1. The van der Waals surface area contributed by atoms with Crippen LogP contribution < -0.4 is 0 Å². The summed E-state index contributed by atoms with van der Waals surface area (Å²) in [6.07, 6.45) is 6.07. The Hall–Kier alpha value is -3.20. The van der Waals surface area contributed by atoms with Crippen LogP contribution in [0.5, 0.6) is 0 Å². The molecule has 24 heavy (non-hydrogen) atoms. The summed E-state index contributed by atoms with van der Waals surface area (Å²) in [6, 6.07) is 23.1. The van der Waals surface area contributed by atoms with Crippen molar-refractivity contribution in [3.05, 3.63) is 108 Å². The van der Waals surface area contributed by atoms with Gasteiger partial charge in [-0.2, -0.15) is 0 Å². The highest BCUT2D eigenvalue weighted by Gasteiger charge is 2.17. The van der Waals surface area contributed by atoms with Gasteiger partial charge in [0.05, 0.1) is 0 Å². The van der Waals surface area contributed by atoms with Crippen LogP contribution in [-0.2, 0) is 9.53 Å². The van der Waals surface area contributed by atoms with E-state index in [9.17, 15) is 4.79 Å². The summed E-state index contributed by atoms with van der Waals surface area (Å²) >= 11 is 0. The van der Waals surface area contributed by atoms with Crippen molar-refractivity contribution in [1.29, 1.82) is 0 Å². The fourth-order valence-corrected chi connectivity index (χ4v) is 2.38. The first-order valence-corrected chi connectivity index (χ1v) is 7.71. The normalized spacial score (nSPS) is 10.9. The van der Waals surface area contributed by atoms with Gasteiger partial charge in [-0.3, -0.25) is 4.98 Å². The number of carbonyl (C=O) groups excluding carboxylic acids is 1. The Morgan fingerprint density at radius 2 is 1.50 bits per heavy atom. The van der Waals surface area contributed by atoms with Crippen LogP contribution in [0.3, 0.4) is 0 Å². The lowest BCUT2D eigenvalue weighted by atomic mass is 10.0. The van der Waals surface area contributed by atoms with Crippen LogP contribution in [0, 0.1) is 0 Å². The number of hydrogen-bond acceptors (Lipinski definition) is 3. The molecule has 0 N–H and O–H groups in total. The molecule has 3 nitrogen and oxygen atoms in total. The minimum Gasteiger partial charge on any atom is -0.449 e. The smallest absolute Gasteiger partial charge is 0.331 e. The maximum Gasteiger partial charge on any atom is 0.331 e. The standard InChI is InChI=1S/C21H17NO2/c23-20(14-13-17-8-7-15-22-16-17)24-21(18-9-3-1-4-10-18)19-11-5-2-6-12-19/h1-16,21H. The molecule has 1 aromatic heterocycles. The van der Waals surface area contributed by atoms with Gasteiger partial charge in [-0.1, -0.05) is 66.7 Å². The Labute approximate surface area is 141 Å². The zero-order valence-corrected chi connectivity index (χ0v) is 13.1. The molecule has 0 radical (unpaired) electrons. The van der Waals surface area contributed by atoms with Gasteiger partial charge >= 0.3 is 5.97 Å². The average Bonchev–Trinajstić information content (AvgIpc) is 2.67. The van der Waals surface area contributed by atoms with Gasteiger partial charge in [0.1, 0.15) is 0 Å². The highest BCUT2D eigenvalue weighted by Crippen LogP contribution is 2.26. The van der Waals surface area contributed by atoms with E-state index >= 15 is 0 Å². The Kier molecular flexibility index (Phi) is 5.15. The highest BCUT2D eigenvalue weighted by molar-refractivity contribution is 5.87. The monoisotopic (exact) mass is 315 g/mol. The van der Waals surface area contributed by atoms with Crippen LogP contribution in [0.4, 0.5) is 0 Å². The van der Waals surface area contributed by atoms with E-state index < -0.39 is 12.1 Å². The van der Waals surface area contributed by atoms with Crippen molar-refractivity contribution in [2.75, 3.05) is 0 Å². The first-order chi connectivity index (χ1) is 11.8. The number of pyridine rings is 1. The fraction of sp³-hybridized carbons (Fsp3) is 0.0476. The van der Waals surface area contributed by atoms with Gasteiger partial charge in [-0.15, -0.1) is 0 Å². The van der Waals surface area contributed by atoms with E-state index in [1.165, 1.54) is 6.08 Å². The zero-order valence-electron chi connectivity index (χ0n) is 13.1. The van der Waals surface area contributed by atoms with Crippen molar-refractivity contribution in [1.82, 2.24) is 4.98 Å². The van der Waals surface area contributed by atoms with Crippen LogP contribution in [0.15, 0.2) is 91.3 Å². The van der Waals surface area contributed by atoms with Crippen LogP contribution >= 0.6 is 0 Å². The molecule has 0 aliphatic carbocycles. The molecule has 0 fully saturated rings. The van der Waals surface area contributed by atoms with E-state index in [0.717, 1.165) is 16.7 Å². The summed E-state index contributed by atoms with van der Waals surface area (Å²) in [5.74, 6) is -0.392. The van der Waals surface area contributed by atoms with E-state index in [4.69, 9.17) is 4.74 Å². The van der Waals surface area contributed by atoms with Gasteiger partial charge in [-0.05, 0) is 28.8 Å². The minimum absolute atomic E-state index is 0.392. The molecule has 0 aliphatic heterocycles. The molecular weight excluding hydrogens is 298 g/mol. The summed E-state index contributed by atoms with van der Waals surface area (Å²) in [6.45, 7) is 0. The fourth-order valence-electron chi connectivity index (χ4n) is 2.38. The SMILES string of the molecule is O=C(C=Cc1cccnc1)OC(c1ccccc1)c1ccccc1. The highest BCUT2D eigenvalue weighted by atomic mass is 16.5. The number of benzene rings is 2. The molecule has 0 spiro atoms. The Morgan fingerprint density at radius 1 is 0.875 bits per heavy atom. The van der Waals surface area contributed by atoms with E-state index in [0.29, 0.717) is 0 Å². The van der Waals surface area contributed by atoms with Crippen molar-refractivity contribution < 1.29 is 9.53 Å². The van der Waals surface area contributed by atoms with Crippen molar-refractivity contribution in [2.45, 2.75) is 6.10 Å². The van der Waals surface area contributed by atoms with Gasteiger partial charge in [0.2, 0.25) is 0 Å². The third kappa shape index (κ3) is 4.17. The molecule has 0 saturated carbocycles. The first-order valence-electron chi connectivity index (χ1n) is 7.71. The quantitative estimate of drug-likeness (QED) is 0.516. The lowest BCUT2D eigenvalue weighted by molar-refractivity contribution is -0.141. The van der Waals surface area contributed by atoms with Gasteiger partial charge in [0.15, 0.2) is 6.10 Å². The van der Waals surface area contributed by atoms with E-state index in [-0.39, 0.29) is 0 Å². The van der Waals surface area contributed by atoms with Gasteiger partial charge < -0.3 is 4.74 Å². The molecule has 1 heterocycles. The molecule has 0 bridgehead atoms. The number of hydrogen-bond donors (Lipinski definition) is 0. The molecule has 0 unspecified atom stereocenters. The third-order valence-corrected chi connectivity index (χ3v) is 3.53. The molecule has 0 saturated heterocycles. The first kappa shape index (κ1) is 15.7. The number of rotatable bonds is 5. The second-order valence-electron chi connectivity index (χ2n) is 5.26. The van der Waals surface area contributed by atoms with Gasteiger partial charge in [-0.25, -0.2) is 4.79 Å². The second kappa shape index (κ2) is 7.88. The van der Waals surface area contributed by atoms with Crippen LogP contribution in [0.25, 0.3) is 6.08 Å². The molecule has 3 aromatic rings. The van der Waals surface area contributed by atoms with E-state index in [1.807, 2.05) is 72.8 Å². The molecule has 118 valence electrons. The maximum atomic E-state index is 12.2. The Bertz CT molecular complexity index is 760. The summed E-state index contributed by atoms with van der Waals surface area (Å²) < 4.78 is 5.70. The van der Waals surface area contributed by atoms with Gasteiger partial charge in [0, 0.05) is 18.5 Å². The number of carbonyl (C=O) groups is 1. The van der Waals surface area contributed by atoms with Crippen LogP contribution in [-0.4, -0.2) is 11.0 Å². The second-order valence-corrected chi connectivity index (χ2v) is 5.26. The Morgan fingerprint density at radius 3 is 2.04 bits per heavy atom. The molecule has 0 atom stereocenters. The third-order valence-electron chi connectivity index (χ3n) is 3.53. The van der Waals surface area contributed by atoms with Crippen molar-refractivity contribution in [2.24, 2.45) is 0 Å². The predicted molar refractivity (Wildman–Crippen MR) is 94.1 cm³/mol. The lowest BCUT2D eigenvalue weighted by Gasteiger charge is -2.18. The summed E-state index contributed by atoms with van der Waals surface area (Å²) in [7, 11) is 0. The predicted octanol–water partition coefficient (Wildman–Crippen LogP) is 4.43. The molecule has 0 amide bonds. The topological polar surface area (TPSA) is 39.2 Å². The summed E-state index contributed by atoms with van der Waals surface area (Å²) in [4.78, 5) is 16.3. The largest absolute Gasteiger partial charge is 0.449 e. The summed E-state index contributed by atoms with van der Waals surface area (Å²) in [5, 5.41) is 0. The lowest BCUT2D eigenvalue weighted by Crippen LogP contribution is -2.10. The van der Waals surface area contributed by atoms with E-state index in [1.54, 1.807) is 18.5 Å². The summed E-state index contributed by atoms with van der Waals surface area (Å²) in [5.41, 5.74) is 2.73. The molecule has 3 heteroatoms. The molecule has 0 aliphatic rings. The minimum atomic E-state index is -0.432. The van der Waals surface area contributed by atoms with Crippen molar-refractivity contribution in [3.63, 3.8) is 0 Å². The number of esters is 1. The molecular formula is C21H17NO2. The van der Waals surface area contributed by atoms with E-state index in [2.05, 4.69) is 4.98 Å². The molecule has 3 rings (SSSR count). The maximum absolute atomic E-state index is 12.2. The van der Waals surface area contributed by atoms with Crippen LogP contribution in [0.2, 0.25) is 0 Å². The van der Waals surface area contributed by atoms with Crippen molar-refractivity contribution >= 4 is 12.0 Å². The Balaban J connectivity index is 1.80. The zero-order chi connectivity index (χ0) is 16.6. The number of nitrogens with zero attached hydrogens (tertiary/aromatic N) is 1.